The molecule has 0 aromatic heterocycles. The molecule has 1 saturated heterocycles. The average Bonchev–Trinajstić information content (AvgIpc) is 2.65. The van der Waals surface area contributed by atoms with Gasteiger partial charge in [-0.2, -0.15) is 0 Å². The molecule has 0 aliphatic carbocycles. The highest BCUT2D eigenvalue weighted by atomic mass is 16.5. The highest BCUT2D eigenvalue weighted by Gasteiger charge is 2.17. The molecule has 24 heavy (non-hydrogen) atoms. The fraction of sp³-hybridized carbons (Fsp3) is 0.350. The summed E-state index contributed by atoms with van der Waals surface area (Å²) in [6.45, 7) is 6.43. The topological polar surface area (TPSA) is 32.8 Å². The van der Waals surface area contributed by atoms with Crippen molar-refractivity contribution in [2.24, 2.45) is 0 Å². The molecule has 2 aromatic carbocycles. The van der Waals surface area contributed by atoms with Crippen molar-refractivity contribution < 1.29 is 9.53 Å². The highest BCUT2D eigenvalue weighted by Crippen LogP contribution is 2.08. The summed E-state index contributed by atoms with van der Waals surface area (Å²) >= 11 is 0. The second-order valence-corrected chi connectivity index (χ2v) is 6.11. The van der Waals surface area contributed by atoms with Crippen LogP contribution in [0.25, 0.3) is 0 Å². The molecule has 0 unspecified atom stereocenters. The van der Waals surface area contributed by atoms with Gasteiger partial charge in [-0.1, -0.05) is 48.5 Å². The Hall–Kier alpha value is -2.17. The van der Waals surface area contributed by atoms with Gasteiger partial charge in [0, 0.05) is 39.3 Å². The molecule has 0 amide bonds. The van der Waals surface area contributed by atoms with E-state index in [1.807, 2.05) is 18.2 Å². The maximum absolute atomic E-state index is 11.9. The van der Waals surface area contributed by atoms with Gasteiger partial charge in [0.1, 0.15) is 6.61 Å². The van der Waals surface area contributed by atoms with Crippen LogP contribution in [0.4, 0.5) is 0 Å². The van der Waals surface area contributed by atoms with Crippen molar-refractivity contribution in [1.82, 2.24) is 9.80 Å². The van der Waals surface area contributed by atoms with Gasteiger partial charge >= 0.3 is 5.97 Å². The second-order valence-electron chi connectivity index (χ2n) is 6.11. The lowest BCUT2D eigenvalue weighted by molar-refractivity contribution is 0.0419. The Kier molecular flexibility index (Phi) is 5.99. The van der Waals surface area contributed by atoms with E-state index in [0.717, 1.165) is 39.3 Å². The normalized spacial score (nSPS) is 16.0. The smallest absolute Gasteiger partial charge is 0.338 e. The number of hydrogen-bond donors (Lipinski definition) is 0. The predicted octanol–water partition coefficient (Wildman–Crippen LogP) is 2.66. The number of benzene rings is 2. The van der Waals surface area contributed by atoms with E-state index < -0.39 is 0 Å². The number of hydrogen-bond acceptors (Lipinski definition) is 4. The molecule has 0 bridgehead atoms. The highest BCUT2D eigenvalue weighted by molar-refractivity contribution is 5.89. The van der Waals surface area contributed by atoms with E-state index in [1.54, 1.807) is 12.1 Å². The minimum absolute atomic E-state index is 0.238. The zero-order valence-electron chi connectivity index (χ0n) is 13.9. The summed E-state index contributed by atoms with van der Waals surface area (Å²) in [5.41, 5.74) is 1.98. The Labute approximate surface area is 143 Å². The average molecular weight is 324 g/mol. The van der Waals surface area contributed by atoms with Crippen molar-refractivity contribution in [3.63, 3.8) is 0 Å². The zero-order valence-corrected chi connectivity index (χ0v) is 13.9. The Morgan fingerprint density at radius 3 is 2.08 bits per heavy atom. The maximum atomic E-state index is 11.9. The summed E-state index contributed by atoms with van der Waals surface area (Å²) in [6.07, 6.45) is 0. The van der Waals surface area contributed by atoms with Crippen LogP contribution in [0.5, 0.6) is 0 Å². The van der Waals surface area contributed by atoms with Gasteiger partial charge in [0.15, 0.2) is 0 Å². The summed E-state index contributed by atoms with van der Waals surface area (Å²) in [4.78, 5) is 16.7. The summed E-state index contributed by atoms with van der Waals surface area (Å²) < 4.78 is 5.36. The molecule has 0 spiro atoms. The monoisotopic (exact) mass is 324 g/mol. The van der Waals surface area contributed by atoms with Crippen molar-refractivity contribution >= 4 is 5.97 Å². The lowest BCUT2D eigenvalue weighted by atomic mass is 10.2. The van der Waals surface area contributed by atoms with E-state index in [2.05, 4.69) is 40.1 Å². The van der Waals surface area contributed by atoms with Crippen LogP contribution in [-0.2, 0) is 11.3 Å². The summed E-state index contributed by atoms with van der Waals surface area (Å²) in [5, 5.41) is 0. The Bertz CT molecular complexity index is 623. The summed E-state index contributed by atoms with van der Waals surface area (Å²) in [7, 11) is 0. The van der Waals surface area contributed by atoms with E-state index in [1.165, 1.54) is 5.56 Å². The van der Waals surface area contributed by atoms with Gasteiger partial charge in [0.05, 0.1) is 5.56 Å². The van der Waals surface area contributed by atoms with Crippen molar-refractivity contribution in [2.45, 2.75) is 6.54 Å². The van der Waals surface area contributed by atoms with Crippen molar-refractivity contribution in [1.29, 1.82) is 0 Å². The van der Waals surface area contributed by atoms with Crippen LogP contribution in [0.15, 0.2) is 60.7 Å². The van der Waals surface area contributed by atoms with Gasteiger partial charge in [-0.25, -0.2) is 4.79 Å². The van der Waals surface area contributed by atoms with Crippen LogP contribution < -0.4 is 0 Å². The predicted molar refractivity (Wildman–Crippen MR) is 94.9 cm³/mol. The minimum atomic E-state index is -0.238. The lowest BCUT2D eigenvalue weighted by Gasteiger charge is -2.34. The maximum Gasteiger partial charge on any atom is 0.338 e. The molecule has 0 atom stereocenters. The molecule has 0 saturated carbocycles. The fourth-order valence-corrected chi connectivity index (χ4v) is 2.94. The van der Waals surface area contributed by atoms with Gasteiger partial charge in [-0.15, -0.1) is 0 Å². The summed E-state index contributed by atoms with van der Waals surface area (Å²) in [5.74, 6) is -0.238. The number of ether oxygens (including phenoxy) is 1. The molecule has 1 heterocycles. The number of rotatable bonds is 6. The van der Waals surface area contributed by atoms with E-state index in [0.29, 0.717) is 12.2 Å². The van der Waals surface area contributed by atoms with Crippen LogP contribution in [-0.4, -0.2) is 55.1 Å². The van der Waals surface area contributed by atoms with Crippen LogP contribution in [0.1, 0.15) is 15.9 Å². The van der Waals surface area contributed by atoms with E-state index >= 15 is 0 Å². The molecule has 4 nitrogen and oxygen atoms in total. The van der Waals surface area contributed by atoms with Crippen molar-refractivity contribution in [3.05, 3.63) is 71.8 Å². The molecular weight excluding hydrogens is 300 g/mol. The van der Waals surface area contributed by atoms with Crippen LogP contribution in [0.3, 0.4) is 0 Å². The van der Waals surface area contributed by atoms with Gasteiger partial charge in [-0.05, 0) is 17.7 Å². The standard InChI is InChI=1S/C20H24N2O2/c23-20(19-9-5-2-6-10-19)24-16-15-21-11-13-22(14-12-21)17-18-7-3-1-4-8-18/h1-10H,11-17H2. The molecule has 126 valence electrons. The van der Waals surface area contributed by atoms with Crippen LogP contribution >= 0.6 is 0 Å². The molecule has 4 heteroatoms. The molecule has 3 rings (SSSR count). The van der Waals surface area contributed by atoms with Crippen LogP contribution in [0.2, 0.25) is 0 Å². The Balaban J connectivity index is 1.35. The molecule has 2 aromatic rings. The molecule has 1 aliphatic rings. The van der Waals surface area contributed by atoms with Gasteiger partial charge in [-0.3, -0.25) is 9.80 Å². The molecular formula is C20H24N2O2. The van der Waals surface area contributed by atoms with E-state index in [4.69, 9.17) is 4.74 Å². The fourth-order valence-electron chi connectivity index (χ4n) is 2.94. The minimum Gasteiger partial charge on any atom is -0.461 e. The molecule has 1 fully saturated rings. The van der Waals surface area contributed by atoms with Crippen molar-refractivity contribution in [3.8, 4) is 0 Å². The van der Waals surface area contributed by atoms with E-state index in [9.17, 15) is 4.79 Å². The third-order valence-electron chi connectivity index (χ3n) is 4.36. The lowest BCUT2D eigenvalue weighted by Crippen LogP contribution is -2.46. The number of carbonyl (C=O) groups excluding carboxylic acids is 1. The number of nitrogens with zero attached hydrogens (tertiary/aromatic N) is 2. The molecule has 0 radical (unpaired) electrons. The largest absolute Gasteiger partial charge is 0.461 e. The summed E-state index contributed by atoms with van der Waals surface area (Å²) in [6, 6.07) is 19.7. The quantitative estimate of drug-likeness (QED) is 0.765. The van der Waals surface area contributed by atoms with Crippen molar-refractivity contribution in [2.75, 3.05) is 39.3 Å². The van der Waals surface area contributed by atoms with Crippen LogP contribution in [0, 0.1) is 0 Å². The van der Waals surface area contributed by atoms with Gasteiger partial charge < -0.3 is 4.74 Å². The third-order valence-corrected chi connectivity index (χ3v) is 4.36. The van der Waals surface area contributed by atoms with Gasteiger partial charge in [0.25, 0.3) is 0 Å². The number of esters is 1. The molecule has 1 aliphatic heterocycles. The third kappa shape index (κ3) is 4.91. The first-order valence-electron chi connectivity index (χ1n) is 8.52. The van der Waals surface area contributed by atoms with Gasteiger partial charge in [0.2, 0.25) is 0 Å². The first kappa shape index (κ1) is 16.7. The molecule has 0 N–H and O–H groups in total. The first-order valence-corrected chi connectivity index (χ1v) is 8.52. The number of piperazine rings is 1. The Morgan fingerprint density at radius 1 is 0.833 bits per heavy atom. The first-order chi connectivity index (χ1) is 11.8. The number of carbonyl (C=O) groups is 1. The zero-order chi connectivity index (χ0) is 16.6. The SMILES string of the molecule is O=C(OCCN1CCN(Cc2ccccc2)CC1)c1ccccc1. The second kappa shape index (κ2) is 8.62. The van der Waals surface area contributed by atoms with E-state index in [-0.39, 0.29) is 5.97 Å². The Morgan fingerprint density at radius 2 is 1.42 bits per heavy atom.